The van der Waals surface area contributed by atoms with Crippen LogP contribution < -0.4 is 0 Å². The number of ether oxygens (including phenoxy) is 1. The highest BCUT2D eigenvalue weighted by molar-refractivity contribution is 5.73. The van der Waals surface area contributed by atoms with E-state index in [-0.39, 0.29) is 6.61 Å². The minimum atomic E-state index is -3.13. The van der Waals surface area contributed by atoms with Gasteiger partial charge in [0, 0.05) is 0 Å². The quantitative estimate of drug-likeness (QED) is 0.589. The SMILES string of the molecule is O=C(O)C(O)(O)OCc1ccccc1. The van der Waals surface area contributed by atoms with Gasteiger partial charge < -0.3 is 20.1 Å². The van der Waals surface area contributed by atoms with E-state index in [1.165, 1.54) is 0 Å². The van der Waals surface area contributed by atoms with E-state index in [0.717, 1.165) is 0 Å². The average molecular weight is 198 g/mol. The molecule has 5 heteroatoms. The molecule has 0 aliphatic rings. The van der Waals surface area contributed by atoms with Gasteiger partial charge in [-0.1, -0.05) is 30.3 Å². The zero-order valence-corrected chi connectivity index (χ0v) is 7.25. The van der Waals surface area contributed by atoms with Gasteiger partial charge in [-0.2, -0.15) is 0 Å². The van der Waals surface area contributed by atoms with Gasteiger partial charge in [-0.05, 0) is 5.56 Å². The average Bonchev–Trinajstić information content (AvgIpc) is 2.16. The molecule has 0 spiro atoms. The lowest BCUT2D eigenvalue weighted by Gasteiger charge is -2.16. The molecule has 0 aliphatic carbocycles. The largest absolute Gasteiger partial charge is 0.475 e. The second-order valence-corrected chi connectivity index (χ2v) is 2.69. The van der Waals surface area contributed by atoms with Crippen molar-refractivity contribution >= 4 is 5.97 Å². The van der Waals surface area contributed by atoms with E-state index in [4.69, 9.17) is 15.3 Å². The number of hydrogen-bond donors (Lipinski definition) is 3. The van der Waals surface area contributed by atoms with Gasteiger partial charge in [0.2, 0.25) is 0 Å². The van der Waals surface area contributed by atoms with E-state index in [1.807, 2.05) is 0 Å². The lowest BCUT2D eigenvalue weighted by molar-refractivity contribution is -0.327. The highest BCUT2D eigenvalue weighted by Gasteiger charge is 2.34. The summed E-state index contributed by atoms with van der Waals surface area (Å²) in [5, 5.41) is 25.9. The molecule has 0 radical (unpaired) electrons. The molecule has 0 aromatic heterocycles. The molecule has 1 aromatic carbocycles. The van der Waals surface area contributed by atoms with Gasteiger partial charge in [0.25, 0.3) is 0 Å². The first-order valence-corrected chi connectivity index (χ1v) is 3.88. The fourth-order valence-electron chi connectivity index (χ4n) is 0.820. The summed E-state index contributed by atoms with van der Waals surface area (Å²) in [6, 6.07) is 8.60. The Morgan fingerprint density at radius 3 is 2.36 bits per heavy atom. The minimum absolute atomic E-state index is 0.180. The van der Waals surface area contributed by atoms with Crippen LogP contribution in [0.5, 0.6) is 0 Å². The molecule has 1 aromatic rings. The number of carboxylic acid groups (broad SMARTS) is 1. The van der Waals surface area contributed by atoms with Crippen molar-refractivity contribution in [2.24, 2.45) is 0 Å². The summed E-state index contributed by atoms with van der Waals surface area (Å²) in [6.07, 6.45) is 0. The number of rotatable bonds is 4. The Balaban J connectivity index is 2.53. The molecule has 0 saturated carbocycles. The third kappa shape index (κ3) is 2.81. The molecule has 0 atom stereocenters. The van der Waals surface area contributed by atoms with Gasteiger partial charge in [-0.15, -0.1) is 0 Å². The van der Waals surface area contributed by atoms with Gasteiger partial charge >= 0.3 is 11.9 Å². The fourth-order valence-corrected chi connectivity index (χ4v) is 0.820. The van der Waals surface area contributed by atoms with Crippen molar-refractivity contribution in [3.05, 3.63) is 35.9 Å². The van der Waals surface area contributed by atoms with Crippen LogP contribution in [0.15, 0.2) is 30.3 Å². The molecular weight excluding hydrogens is 188 g/mol. The van der Waals surface area contributed by atoms with Crippen LogP contribution in [0.3, 0.4) is 0 Å². The van der Waals surface area contributed by atoms with Crippen LogP contribution in [0, 0.1) is 0 Å². The summed E-state index contributed by atoms with van der Waals surface area (Å²) in [4.78, 5) is 10.2. The molecular formula is C9H10O5. The molecule has 76 valence electrons. The van der Waals surface area contributed by atoms with Crippen molar-refractivity contribution in [2.75, 3.05) is 0 Å². The summed E-state index contributed by atoms with van der Waals surface area (Å²) in [5.41, 5.74) is 0.654. The predicted octanol–water partition coefficient (Wildman–Crippen LogP) is -0.0738. The summed E-state index contributed by atoms with van der Waals surface area (Å²) >= 11 is 0. The first-order valence-electron chi connectivity index (χ1n) is 3.88. The molecule has 1 rings (SSSR count). The van der Waals surface area contributed by atoms with Gasteiger partial charge in [-0.25, -0.2) is 4.79 Å². The summed E-state index contributed by atoms with van der Waals surface area (Å²) < 4.78 is 4.39. The zero-order valence-electron chi connectivity index (χ0n) is 7.25. The Morgan fingerprint density at radius 2 is 1.86 bits per heavy atom. The zero-order chi connectivity index (χ0) is 10.6. The molecule has 0 heterocycles. The number of aliphatic hydroxyl groups is 2. The van der Waals surface area contributed by atoms with Crippen molar-refractivity contribution in [2.45, 2.75) is 12.6 Å². The van der Waals surface area contributed by atoms with Crippen LogP contribution in [0.1, 0.15) is 5.56 Å². The van der Waals surface area contributed by atoms with Crippen LogP contribution in [-0.4, -0.2) is 27.3 Å². The van der Waals surface area contributed by atoms with Crippen LogP contribution >= 0.6 is 0 Å². The van der Waals surface area contributed by atoms with E-state index in [1.54, 1.807) is 30.3 Å². The standard InChI is InChI=1S/C9H10O5/c10-8(11)9(12,13)14-6-7-4-2-1-3-5-7/h1-5,12-13H,6H2,(H,10,11). The van der Waals surface area contributed by atoms with Crippen LogP contribution in [0.25, 0.3) is 0 Å². The summed E-state index contributed by atoms with van der Waals surface area (Å²) in [7, 11) is 0. The first-order chi connectivity index (χ1) is 6.52. The smallest absolute Gasteiger partial charge is 0.395 e. The van der Waals surface area contributed by atoms with Crippen molar-refractivity contribution in [3.8, 4) is 0 Å². The summed E-state index contributed by atoms with van der Waals surface area (Å²) in [6.45, 7) is -0.180. The normalized spacial score (nSPS) is 11.3. The lowest BCUT2D eigenvalue weighted by atomic mass is 10.2. The molecule has 0 saturated heterocycles. The molecule has 0 fully saturated rings. The monoisotopic (exact) mass is 198 g/mol. The predicted molar refractivity (Wildman–Crippen MR) is 46.0 cm³/mol. The summed E-state index contributed by atoms with van der Waals surface area (Å²) in [5.74, 6) is -4.97. The lowest BCUT2D eigenvalue weighted by Crippen LogP contribution is -2.40. The number of aliphatic carboxylic acids is 1. The van der Waals surface area contributed by atoms with Gasteiger partial charge in [0.05, 0.1) is 6.61 Å². The Bertz CT molecular complexity index is 306. The third-order valence-corrected chi connectivity index (χ3v) is 1.56. The molecule has 0 aliphatic heterocycles. The van der Waals surface area contributed by atoms with E-state index in [0.29, 0.717) is 5.56 Å². The maximum atomic E-state index is 10.2. The van der Waals surface area contributed by atoms with E-state index >= 15 is 0 Å². The van der Waals surface area contributed by atoms with Crippen molar-refractivity contribution in [1.29, 1.82) is 0 Å². The Labute approximate surface area is 80.2 Å². The molecule has 0 unspecified atom stereocenters. The highest BCUT2D eigenvalue weighted by Crippen LogP contribution is 2.08. The van der Waals surface area contributed by atoms with E-state index < -0.39 is 11.9 Å². The first kappa shape index (κ1) is 10.6. The third-order valence-electron chi connectivity index (χ3n) is 1.56. The molecule has 0 amide bonds. The number of benzene rings is 1. The van der Waals surface area contributed by atoms with E-state index in [2.05, 4.69) is 4.74 Å². The number of hydrogen-bond acceptors (Lipinski definition) is 4. The number of carboxylic acids is 1. The van der Waals surface area contributed by atoms with Gasteiger partial charge in [0.1, 0.15) is 0 Å². The minimum Gasteiger partial charge on any atom is -0.475 e. The highest BCUT2D eigenvalue weighted by atomic mass is 16.8. The van der Waals surface area contributed by atoms with Gasteiger partial charge in [-0.3, -0.25) is 0 Å². The fraction of sp³-hybridized carbons (Fsp3) is 0.222. The molecule has 0 bridgehead atoms. The van der Waals surface area contributed by atoms with E-state index in [9.17, 15) is 4.79 Å². The van der Waals surface area contributed by atoms with Crippen LogP contribution in [0.2, 0.25) is 0 Å². The van der Waals surface area contributed by atoms with Crippen LogP contribution in [-0.2, 0) is 16.1 Å². The Morgan fingerprint density at radius 1 is 1.29 bits per heavy atom. The maximum absolute atomic E-state index is 10.2. The Kier molecular flexibility index (Phi) is 3.19. The second kappa shape index (κ2) is 4.19. The second-order valence-electron chi connectivity index (χ2n) is 2.69. The molecule has 5 nitrogen and oxygen atoms in total. The van der Waals surface area contributed by atoms with Crippen molar-refractivity contribution in [3.63, 3.8) is 0 Å². The van der Waals surface area contributed by atoms with Crippen molar-refractivity contribution in [1.82, 2.24) is 0 Å². The Hall–Kier alpha value is -1.43. The topological polar surface area (TPSA) is 87.0 Å². The maximum Gasteiger partial charge on any atom is 0.395 e. The number of carbonyl (C=O) groups is 1. The van der Waals surface area contributed by atoms with Gasteiger partial charge in [0.15, 0.2) is 0 Å². The molecule has 3 N–H and O–H groups in total. The van der Waals surface area contributed by atoms with Crippen LogP contribution in [0.4, 0.5) is 0 Å². The molecule has 14 heavy (non-hydrogen) atoms. The van der Waals surface area contributed by atoms with Crippen molar-refractivity contribution < 1.29 is 24.9 Å².